The standard InChI is InChI=1S/C7H5FO2.C6H4BrI/c8-6-4-2-1-3-5(6)7(9)10;7-5-1-3-6(8)4-2-5/h1-4H,(H,9,10);1-4H. The van der Waals surface area contributed by atoms with E-state index in [-0.39, 0.29) is 5.56 Å². The van der Waals surface area contributed by atoms with Crippen LogP contribution in [0.4, 0.5) is 4.39 Å². The summed E-state index contributed by atoms with van der Waals surface area (Å²) in [6.45, 7) is 0. The number of hydrogen-bond acceptors (Lipinski definition) is 1. The molecule has 2 rings (SSSR count). The number of carboxylic acid groups (broad SMARTS) is 1. The van der Waals surface area contributed by atoms with E-state index < -0.39 is 11.8 Å². The largest absolute Gasteiger partial charge is 0.478 e. The lowest BCUT2D eigenvalue weighted by Gasteiger charge is -1.92. The number of hydrogen-bond donors (Lipinski definition) is 1. The summed E-state index contributed by atoms with van der Waals surface area (Å²) in [5, 5.41) is 8.33. The van der Waals surface area contributed by atoms with Gasteiger partial charge in [-0.05, 0) is 59.0 Å². The van der Waals surface area contributed by atoms with Crippen LogP contribution in [-0.4, -0.2) is 11.1 Å². The average molecular weight is 423 g/mol. The molecule has 0 spiro atoms. The maximum Gasteiger partial charge on any atom is 0.338 e. The van der Waals surface area contributed by atoms with Crippen LogP contribution < -0.4 is 0 Å². The minimum Gasteiger partial charge on any atom is -0.478 e. The van der Waals surface area contributed by atoms with Crippen molar-refractivity contribution < 1.29 is 14.3 Å². The van der Waals surface area contributed by atoms with Gasteiger partial charge >= 0.3 is 5.97 Å². The van der Waals surface area contributed by atoms with Crippen molar-refractivity contribution in [2.45, 2.75) is 0 Å². The first kappa shape index (κ1) is 15.1. The molecule has 5 heteroatoms. The fourth-order valence-corrected chi connectivity index (χ4v) is 1.69. The second-order valence-electron chi connectivity index (χ2n) is 3.22. The van der Waals surface area contributed by atoms with Crippen LogP contribution in [0.2, 0.25) is 0 Å². The van der Waals surface area contributed by atoms with Crippen molar-refractivity contribution in [2.24, 2.45) is 0 Å². The Hall–Kier alpha value is -0.950. The monoisotopic (exact) mass is 422 g/mol. The van der Waals surface area contributed by atoms with Gasteiger partial charge in [-0.1, -0.05) is 28.1 Å². The van der Waals surface area contributed by atoms with Crippen molar-refractivity contribution in [1.82, 2.24) is 0 Å². The van der Waals surface area contributed by atoms with Crippen LogP contribution in [0.25, 0.3) is 0 Å². The molecular formula is C13H9BrFIO2. The van der Waals surface area contributed by atoms with Crippen LogP contribution in [-0.2, 0) is 0 Å². The van der Waals surface area contributed by atoms with Crippen molar-refractivity contribution in [2.75, 3.05) is 0 Å². The highest BCUT2D eigenvalue weighted by Crippen LogP contribution is 2.11. The van der Waals surface area contributed by atoms with E-state index >= 15 is 0 Å². The summed E-state index contributed by atoms with van der Waals surface area (Å²) < 4.78 is 14.9. The molecule has 18 heavy (non-hydrogen) atoms. The first-order valence-electron chi connectivity index (χ1n) is 4.89. The van der Waals surface area contributed by atoms with Crippen molar-refractivity contribution in [3.05, 3.63) is 68.0 Å². The summed E-state index contributed by atoms with van der Waals surface area (Å²) in [5.74, 6) is -1.94. The smallest absolute Gasteiger partial charge is 0.338 e. The molecule has 0 bridgehead atoms. The number of rotatable bonds is 1. The molecule has 0 amide bonds. The highest BCUT2D eigenvalue weighted by molar-refractivity contribution is 14.1. The summed E-state index contributed by atoms with van der Waals surface area (Å²) in [5.41, 5.74) is -0.289. The number of halogens is 3. The van der Waals surface area contributed by atoms with Gasteiger partial charge in [0.2, 0.25) is 0 Å². The van der Waals surface area contributed by atoms with E-state index in [1.807, 2.05) is 12.1 Å². The maximum atomic E-state index is 12.5. The van der Waals surface area contributed by atoms with Crippen LogP contribution >= 0.6 is 38.5 Å². The van der Waals surface area contributed by atoms with Crippen molar-refractivity contribution in [1.29, 1.82) is 0 Å². The van der Waals surface area contributed by atoms with Gasteiger partial charge in [-0.15, -0.1) is 0 Å². The molecule has 0 atom stereocenters. The van der Waals surface area contributed by atoms with E-state index in [1.54, 1.807) is 0 Å². The molecule has 0 unspecified atom stereocenters. The zero-order chi connectivity index (χ0) is 13.5. The van der Waals surface area contributed by atoms with Crippen LogP contribution in [0.5, 0.6) is 0 Å². The molecule has 0 aliphatic heterocycles. The van der Waals surface area contributed by atoms with Gasteiger partial charge in [-0.2, -0.15) is 0 Å². The fourth-order valence-electron chi connectivity index (χ4n) is 1.06. The summed E-state index contributed by atoms with van der Waals surface area (Å²) in [6, 6.07) is 13.4. The van der Waals surface area contributed by atoms with E-state index in [9.17, 15) is 9.18 Å². The Kier molecular flexibility index (Phi) is 6.28. The molecule has 94 valence electrons. The molecule has 0 aliphatic carbocycles. The maximum absolute atomic E-state index is 12.5. The molecule has 0 aliphatic rings. The number of carboxylic acids is 1. The zero-order valence-corrected chi connectivity index (χ0v) is 12.9. The molecule has 2 aromatic rings. The lowest BCUT2D eigenvalue weighted by molar-refractivity contribution is 0.0692. The van der Waals surface area contributed by atoms with Crippen LogP contribution in [0.1, 0.15) is 10.4 Å². The Morgan fingerprint density at radius 2 is 1.67 bits per heavy atom. The van der Waals surface area contributed by atoms with E-state index in [1.165, 1.54) is 21.8 Å². The molecule has 0 heterocycles. The summed E-state index contributed by atoms with van der Waals surface area (Å²) in [6.07, 6.45) is 0. The summed E-state index contributed by atoms with van der Waals surface area (Å²) >= 11 is 5.62. The Morgan fingerprint density at radius 3 is 2.06 bits per heavy atom. The Balaban J connectivity index is 0.000000184. The van der Waals surface area contributed by atoms with Crippen LogP contribution in [0.3, 0.4) is 0 Å². The predicted octanol–water partition coefficient (Wildman–Crippen LogP) is 4.58. The lowest BCUT2D eigenvalue weighted by Crippen LogP contribution is -1.98. The molecule has 2 aromatic carbocycles. The van der Waals surface area contributed by atoms with Crippen molar-refractivity contribution in [3.8, 4) is 0 Å². The second kappa shape index (κ2) is 7.48. The minimum absolute atomic E-state index is 0.289. The van der Waals surface area contributed by atoms with Crippen molar-refractivity contribution in [3.63, 3.8) is 0 Å². The molecule has 1 N–H and O–H groups in total. The van der Waals surface area contributed by atoms with E-state index in [0.29, 0.717) is 0 Å². The average Bonchev–Trinajstić information content (AvgIpc) is 2.34. The SMILES string of the molecule is Brc1ccc(I)cc1.O=C(O)c1ccccc1F. The molecular weight excluding hydrogens is 414 g/mol. The Morgan fingerprint density at radius 1 is 1.11 bits per heavy atom. The van der Waals surface area contributed by atoms with E-state index in [4.69, 9.17) is 5.11 Å². The molecule has 0 saturated carbocycles. The van der Waals surface area contributed by atoms with Crippen LogP contribution in [0, 0.1) is 9.39 Å². The normalized spacial score (nSPS) is 9.28. The number of aromatic carboxylic acids is 1. The molecule has 0 radical (unpaired) electrons. The van der Waals surface area contributed by atoms with Crippen LogP contribution in [0.15, 0.2) is 53.0 Å². The fraction of sp³-hybridized carbons (Fsp3) is 0. The van der Waals surface area contributed by atoms with Crippen molar-refractivity contribution >= 4 is 44.5 Å². The quantitative estimate of drug-likeness (QED) is 0.683. The van der Waals surface area contributed by atoms with Gasteiger partial charge in [0.25, 0.3) is 0 Å². The second-order valence-corrected chi connectivity index (χ2v) is 5.38. The van der Waals surface area contributed by atoms with Gasteiger partial charge in [0.1, 0.15) is 5.82 Å². The topological polar surface area (TPSA) is 37.3 Å². The van der Waals surface area contributed by atoms with Gasteiger partial charge in [-0.3, -0.25) is 0 Å². The van der Waals surface area contributed by atoms with Gasteiger partial charge in [0, 0.05) is 8.04 Å². The van der Waals surface area contributed by atoms with E-state index in [2.05, 4.69) is 50.7 Å². The molecule has 0 saturated heterocycles. The van der Waals surface area contributed by atoms with E-state index in [0.717, 1.165) is 10.5 Å². The minimum atomic E-state index is -1.24. The lowest BCUT2D eigenvalue weighted by atomic mass is 10.2. The summed E-state index contributed by atoms with van der Waals surface area (Å²) in [7, 11) is 0. The molecule has 0 aromatic heterocycles. The van der Waals surface area contributed by atoms with Gasteiger partial charge in [-0.25, -0.2) is 9.18 Å². The number of benzene rings is 2. The highest BCUT2D eigenvalue weighted by Gasteiger charge is 2.06. The predicted molar refractivity (Wildman–Crippen MR) is 80.2 cm³/mol. The zero-order valence-electron chi connectivity index (χ0n) is 9.11. The molecule has 0 fully saturated rings. The third-order valence-electron chi connectivity index (χ3n) is 1.91. The molecule has 2 nitrogen and oxygen atoms in total. The van der Waals surface area contributed by atoms with Gasteiger partial charge in [0.05, 0.1) is 5.56 Å². The number of carbonyl (C=O) groups is 1. The first-order valence-corrected chi connectivity index (χ1v) is 6.77. The summed E-state index contributed by atoms with van der Waals surface area (Å²) in [4.78, 5) is 10.2. The third kappa shape index (κ3) is 5.14. The van der Waals surface area contributed by atoms with Gasteiger partial charge in [0.15, 0.2) is 0 Å². The Bertz CT molecular complexity index is 508. The first-order chi connectivity index (χ1) is 8.50. The van der Waals surface area contributed by atoms with Gasteiger partial charge < -0.3 is 5.11 Å². The highest BCUT2D eigenvalue weighted by atomic mass is 127. The Labute approximate surface area is 126 Å². The third-order valence-corrected chi connectivity index (χ3v) is 3.16.